The van der Waals surface area contributed by atoms with E-state index in [2.05, 4.69) is 58.9 Å². The SMILES string of the molecule is CCOc1cc(C(c2cc(C)cs2)N2CCNCC2)ccc1OCc1ccccc1. The molecule has 5 heteroatoms. The Morgan fingerprint density at radius 2 is 1.80 bits per heavy atom. The summed E-state index contributed by atoms with van der Waals surface area (Å²) in [5, 5.41) is 5.71. The fourth-order valence-corrected chi connectivity index (χ4v) is 4.97. The molecule has 1 fully saturated rings. The molecule has 1 atom stereocenters. The van der Waals surface area contributed by atoms with E-state index in [9.17, 15) is 0 Å². The van der Waals surface area contributed by atoms with Crippen LogP contribution in [0.4, 0.5) is 0 Å². The van der Waals surface area contributed by atoms with Crippen molar-refractivity contribution < 1.29 is 9.47 Å². The third-order valence-corrected chi connectivity index (χ3v) is 6.46. The van der Waals surface area contributed by atoms with Gasteiger partial charge in [-0.25, -0.2) is 0 Å². The fourth-order valence-electron chi connectivity index (χ4n) is 3.91. The number of aryl methyl sites for hydroxylation is 1. The first-order valence-corrected chi connectivity index (χ1v) is 11.6. The molecule has 2 heterocycles. The van der Waals surface area contributed by atoms with E-state index in [1.807, 2.05) is 36.5 Å². The Bertz CT molecular complexity index is 935. The van der Waals surface area contributed by atoms with Gasteiger partial charge < -0.3 is 14.8 Å². The lowest BCUT2D eigenvalue weighted by Gasteiger charge is -2.35. The Labute approximate surface area is 183 Å². The molecule has 1 unspecified atom stereocenters. The van der Waals surface area contributed by atoms with Gasteiger partial charge in [0.2, 0.25) is 0 Å². The van der Waals surface area contributed by atoms with Gasteiger partial charge in [0.05, 0.1) is 12.6 Å². The van der Waals surface area contributed by atoms with Crippen LogP contribution < -0.4 is 14.8 Å². The molecule has 0 amide bonds. The van der Waals surface area contributed by atoms with Crippen molar-refractivity contribution in [3.8, 4) is 11.5 Å². The summed E-state index contributed by atoms with van der Waals surface area (Å²) in [4.78, 5) is 3.95. The first kappa shape index (κ1) is 20.9. The molecule has 158 valence electrons. The molecular weight excluding hydrogens is 392 g/mol. The van der Waals surface area contributed by atoms with Crippen molar-refractivity contribution in [3.63, 3.8) is 0 Å². The van der Waals surface area contributed by atoms with E-state index in [1.54, 1.807) is 0 Å². The summed E-state index contributed by atoms with van der Waals surface area (Å²) >= 11 is 1.84. The van der Waals surface area contributed by atoms with Gasteiger partial charge in [0, 0.05) is 31.1 Å². The molecule has 1 aromatic heterocycles. The summed E-state index contributed by atoms with van der Waals surface area (Å²) < 4.78 is 12.1. The number of hydrogen-bond donors (Lipinski definition) is 1. The minimum absolute atomic E-state index is 0.244. The quantitative estimate of drug-likeness (QED) is 0.552. The molecule has 2 aromatic carbocycles. The number of thiophene rings is 1. The third-order valence-electron chi connectivity index (χ3n) is 5.36. The summed E-state index contributed by atoms with van der Waals surface area (Å²) in [6, 6.07) is 19.2. The van der Waals surface area contributed by atoms with Crippen molar-refractivity contribution in [2.24, 2.45) is 0 Å². The van der Waals surface area contributed by atoms with Gasteiger partial charge in [-0.05, 0) is 54.1 Å². The van der Waals surface area contributed by atoms with Crippen molar-refractivity contribution in [1.29, 1.82) is 0 Å². The molecule has 1 aliphatic rings. The van der Waals surface area contributed by atoms with Gasteiger partial charge in [-0.2, -0.15) is 0 Å². The van der Waals surface area contributed by atoms with Gasteiger partial charge in [-0.1, -0.05) is 36.4 Å². The summed E-state index contributed by atoms with van der Waals surface area (Å²) in [6.07, 6.45) is 0. The minimum atomic E-state index is 0.244. The van der Waals surface area contributed by atoms with Crippen molar-refractivity contribution in [1.82, 2.24) is 10.2 Å². The largest absolute Gasteiger partial charge is 0.490 e. The molecule has 3 aromatic rings. The number of hydrogen-bond acceptors (Lipinski definition) is 5. The van der Waals surface area contributed by atoms with E-state index in [0.29, 0.717) is 13.2 Å². The maximum Gasteiger partial charge on any atom is 0.161 e. The third kappa shape index (κ3) is 5.04. The molecule has 0 radical (unpaired) electrons. The maximum atomic E-state index is 6.12. The summed E-state index contributed by atoms with van der Waals surface area (Å²) in [7, 11) is 0. The number of piperazine rings is 1. The number of nitrogens with one attached hydrogen (secondary N) is 1. The highest BCUT2D eigenvalue weighted by molar-refractivity contribution is 7.10. The molecule has 1 saturated heterocycles. The van der Waals surface area contributed by atoms with Crippen LogP contribution in [0.15, 0.2) is 60.0 Å². The van der Waals surface area contributed by atoms with Crippen LogP contribution in [-0.2, 0) is 6.61 Å². The van der Waals surface area contributed by atoms with E-state index in [0.717, 1.165) is 43.2 Å². The summed E-state index contributed by atoms with van der Waals surface area (Å²) in [6.45, 7) is 9.46. The van der Waals surface area contributed by atoms with Crippen LogP contribution in [0, 0.1) is 6.92 Å². The minimum Gasteiger partial charge on any atom is -0.490 e. The Hall–Kier alpha value is -2.34. The molecule has 30 heavy (non-hydrogen) atoms. The Balaban J connectivity index is 1.62. The highest BCUT2D eigenvalue weighted by atomic mass is 32.1. The molecule has 0 saturated carbocycles. The number of ether oxygens (including phenoxy) is 2. The van der Waals surface area contributed by atoms with Gasteiger partial charge in [-0.15, -0.1) is 11.3 Å². The van der Waals surface area contributed by atoms with Crippen LogP contribution in [0.5, 0.6) is 11.5 Å². The van der Waals surface area contributed by atoms with E-state index in [4.69, 9.17) is 9.47 Å². The predicted molar refractivity (Wildman–Crippen MR) is 124 cm³/mol. The molecule has 1 N–H and O–H groups in total. The van der Waals surface area contributed by atoms with Gasteiger partial charge in [0.25, 0.3) is 0 Å². The molecule has 0 bridgehead atoms. The predicted octanol–water partition coefficient (Wildman–Crippen LogP) is 5.03. The Morgan fingerprint density at radius 1 is 1.00 bits per heavy atom. The number of rotatable bonds is 8. The monoisotopic (exact) mass is 422 g/mol. The number of benzene rings is 2. The number of nitrogens with zero attached hydrogens (tertiary/aromatic N) is 1. The normalized spacial score (nSPS) is 15.7. The molecule has 4 nitrogen and oxygen atoms in total. The van der Waals surface area contributed by atoms with Crippen LogP contribution in [-0.4, -0.2) is 37.7 Å². The van der Waals surface area contributed by atoms with Crippen LogP contribution >= 0.6 is 11.3 Å². The van der Waals surface area contributed by atoms with Crippen LogP contribution in [0.25, 0.3) is 0 Å². The average Bonchev–Trinajstić information content (AvgIpc) is 3.21. The van der Waals surface area contributed by atoms with E-state index in [1.165, 1.54) is 16.0 Å². The zero-order valence-electron chi connectivity index (χ0n) is 17.8. The van der Waals surface area contributed by atoms with E-state index < -0.39 is 0 Å². The lowest BCUT2D eigenvalue weighted by Crippen LogP contribution is -2.45. The smallest absolute Gasteiger partial charge is 0.161 e. The summed E-state index contributed by atoms with van der Waals surface area (Å²) in [5.41, 5.74) is 3.73. The Morgan fingerprint density at radius 3 is 2.50 bits per heavy atom. The van der Waals surface area contributed by atoms with E-state index in [-0.39, 0.29) is 6.04 Å². The molecule has 1 aliphatic heterocycles. The zero-order valence-corrected chi connectivity index (χ0v) is 18.6. The van der Waals surface area contributed by atoms with Crippen molar-refractivity contribution in [3.05, 3.63) is 81.5 Å². The van der Waals surface area contributed by atoms with Gasteiger partial charge in [0.15, 0.2) is 11.5 Å². The van der Waals surface area contributed by atoms with Gasteiger partial charge in [-0.3, -0.25) is 4.90 Å². The molecule has 0 aliphatic carbocycles. The molecule has 0 spiro atoms. The topological polar surface area (TPSA) is 33.7 Å². The van der Waals surface area contributed by atoms with E-state index >= 15 is 0 Å². The Kier molecular flexibility index (Phi) is 7.05. The zero-order chi connectivity index (χ0) is 20.8. The second-order valence-electron chi connectivity index (χ2n) is 7.63. The van der Waals surface area contributed by atoms with Gasteiger partial charge >= 0.3 is 0 Å². The van der Waals surface area contributed by atoms with Crippen molar-refractivity contribution in [2.75, 3.05) is 32.8 Å². The lowest BCUT2D eigenvalue weighted by molar-refractivity contribution is 0.200. The molecular formula is C25H30N2O2S. The molecule has 4 rings (SSSR count). The second kappa shape index (κ2) is 10.1. The maximum absolute atomic E-state index is 6.12. The first-order chi connectivity index (χ1) is 14.7. The van der Waals surface area contributed by atoms with Crippen LogP contribution in [0.3, 0.4) is 0 Å². The fraction of sp³-hybridized carbons (Fsp3) is 0.360. The highest BCUT2D eigenvalue weighted by Gasteiger charge is 2.26. The van der Waals surface area contributed by atoms with Gasteiger partial charge in [0.1, 0.15) is 6.61 Å². The van der Waals surface area contributed by atoms with Crippen LogP contribution in [0.2, 0.25) is 0 Å². The lowest BCUT2D eigenvalue weighted by atomic mass is 10.0. The summed E-state index contributed by atoms with van der Waals surface area (Å²) in [5.74, 6) is 1.62. The van der Waals surface area contributed by atoms with Crippen molar-refractivity contribution in [2.45, 2.75) is 26.5 Å². The standard InChI is InChI=1S/C25H30N2O2S/c1-3-28-23-16-21(9-10-22(23)29-17-20-7-5-4-6-8-20)25(24-15-19(2)18-30-24)27-13-11-26-12-14-27/h4-10,15-16,18,25-26H,3,11-14,17H2,1-2H3. The second-order valence-corrected chi connectivity index (χ2v) is 8.57. The van der Waals surface area contributed by atoms with Crippen molar-refractivity contribution >= 4 is 11.3 Å². The average molecular weight is 423 g/mol. The highest BCUT2D eigenvalue weighted by Crippen LogP contribution is 2.38. The first-order valence-electron chi connectivity index (χ1n) is 10.7. The van der Waals surface area contributed by atoms with Crippen LogP contribution in [0.1, 0.15) is 34.5 Å².